The normalized spacial score (nSPS) is 17.1. The van der Waals surface area contributed by atoms with Crippen LogP contribution in [0, 0.1) is 5.92 Å². The van der Waals surface area contributed by atoms with Gasteiger partial charge in [-0.3, -0.25) is 0 Å². The summed E-state index contributed by atoms with van der Waals surface area (Å²) in [6.45, 7) is 0.825. The highest BCUT2D eigenvalue weighted by molar-refractivity contribution is 9.10. The van der Waals surface area contributed by atoms with Gasteiger partial charge in [-0.1, -0.05) is 15.9 Å². The molecule has 0 unspecified atom stereocenters. The third kappa shape index (κ3) is 3.73. The molecule has 0 radical (unpaired) electrons. The summed E-state index contributed by atoms with van der Waals surface area (Å²) < 4.78 is 25.4. The fourth-order valence-corrected chi connectivity index (χ4v) is 4.30. The van der Waals surface area contributed by atoms with Crippen molar-refractivity contribution in [1.29, 1.82) is 0 Å². The summed E-state index contributed by atoms with van der Waals surface area (Å²) in [7, 11) is -3.30. The molecule has 1 N–H and O–H groups in total. The van der Waals surface area contributed by atoms with E-state index in [0.717, 1.165) is 4.47 Å². The topological polar surface area (TPSA) is 74.7 Å². The first kappa shape index (κ1) is 15.3. The molecule has 0 aliphatic carbocycles. The number of carbonyl (C=O) groups is 1. The van der Waals surface area contributed by atoms with Gasteiger partial charge >= 0.3 is 6.09 Å². The van der Waals surface area contributed by atoms with Gasteiger partial charge in [0.15, 0.2) is 9.84 Å². The van der Waals surface area contributed by atoms with Gasteiger partial charge in [0.1, 0.15) is 0 Å². The Hall–Kier alpha value is -1.08. The van der Waals surface area contributed by atoms with Crippen LogP contribution in [0.15, 0.2) is 33.6 Å². The Labute approximate surface area is 126 Å². The quantitative estimate of drug-likeness (QED) is 0.897. The molecule has 1 saturated heterocycles. The summed E-state index contributed by atoms with van der Waals surface area (Å²) in [5.74, 6) is 0.112. The van der Waals surface area contributed by atoms with E-state index in [1.165, 1.54) is 4.90 Å². The average molecular weight is 362 g/mol. The smallest absolute Gasteiger partial charge is 0.407 e. The Kier molecular flexibility index (Phi) is 4.70. The number of carboxylic acid groups (broad SMARTS) is 1. The molecule has 0 spiro atoms. The highest BCUT2D eigenvalue weighted by Crippen LogP contribution is 2.23. The minimum atomic E-state index is -3.30. The van der Waals surface area contributed by atoms with Crippen molar-refractivity contribution in [1.82, 2.24) is 4.90 Å². The van der Waals surface area contributed by atoms with Crippen LogP contribution < -0.4 is 0 Å². The first-order valence-corrected chi connectivity index (χ1v) is 8.79. The Balaban J connectivity index is 2.00. The molecule has 5 nitrogen and oxygen atoms in total. The van der Waals surface area contributed by atoms with Gasteiger partial charge in [-0.05, 0) is 43.0 Å². The van der Waals surface area contributed by atoms with Gasteiger partial charge < -0.3 is 10.0 Å². The molecule has 7 heteroatoms. The van der Waals surface area contributed by atoms with E-state index in [4.69, 9.17) is 5.11 Å². The predicted molar refractivity (Wildman–Crippen MR) is 78.5 cm³/mol. The zero-order chi connectivity index (χ0) is 14.8. The second-order valence-corrected chi connectivity index (χ2v) is 7.90. The van der Waals surface area contributed by atoms with E-state index in [2.05, 4.69) is 15.9 Å². The van der Waals surface area contributed by atoms with Crippen LogP contribution in [-0.2, 0) is 9.84 Å². The molecule has 0 bridgehead atoms. The van der Waals surface area contributed by atoms with Crippen LogP contribution in [0.3, 0.4) is 0 Å². The molecular weight excluding hydrogens is 346 g/mol. The van der Waals surface area contributed by atoms with Crippen LogP contribution in [-0.4, -0.2) is 43.4 Å². The van der Waals surface area contributed by atoms with Gasteiger partial charge in [0.05, 0.1) is 10.6 Å². The Morgan fingerprint density at radius 3 is 2.30 bits per heavy atom. The second kappa shape index (κ2) is 6.13. The Morgan fingerprint density at radius 2 is 1.80 bits per heavy atom. The maximum atomic E-state index is 12.3. The van der Waals surface area contributed by atoms with Crippen molar-refractivity contribution >= 4 is 31.9 Å². The molecule has 110 valence electrons. The van der Waals surface area contributed by atoms with E-state index < -0.39 is 15.9 Å². The molecule has 1 aliphatic rings. The zero-order valence-electron chi connectivity index (χ0n) is 10.8. The van der Waals surface area contributed by atoms with Gasteiger partial charge in [0, 0.05) is 17.6 Å². The van der Waals surface area contributed by atoms with E-state index in [9.17, 15) is 13.2 Å². The SMILES string of the molecule is O=C(O)N1CCC(CS(=O)(=O)c2ccc(Br)cc2)CC1. The van der Waals surface area contributed by atoms with Gasteiger partial charge in [-0.2, -0.15) is 0 Å². The number of amides is 1. The van der Waals surface area contributed by atoms with Gasteiger partial charge in [0.25, 0.3) is 0 Å². The van der Waals surface area contributed by atoms with E-state index >= 15 is 0 Å². The molecule has 2 rings (SSSR count). The number of sulfone groups is 1. The Bertz CT molecular complexity index is 577. The molecule has 1 aliphatic heterocycles. The van der Waals surface area contributed by atoms with E-state index in [0.29, 0.717) is 30.8 Å². The van der Waals surface area contributed by atoms with Crippen molar-refractivity contribution in [2.24, 2.45) is 5.92 Å². The minimum absolute atomic E-state index is 0.0271. The number of halogens is 1. The first-order valence-electron chi connectivity index (χ1n) is 6.35. The number of likely N-dealkylation sites (tertiary alicyclic amines) is 1. The van der Waals surface area contributed by atoms with Crippen LogP contribution in [0.5, 0.6) is 0 Å². The number of nitrogens with zero attached hydrogens (tertiary/aromatic N) is 1. The zero-order valence-corrected chi connectivity index (χ0v) is 13.2. The lowest BCUT2D eigenvalue weighted by Gasteiger charge is -2.29. The Morgan fingerprint density at radius 1 is 1.25 bits per heavy atom. The third-order valence-corrected chi connectivity index (χ3v) is 5.94. The van der Waals surface area contributed by atoms with Crippen molar-refractivity contribution in [2.75, 3.05) is 18.8 Å². The lowest BCUT2D eigenvalue weighted by Crippen LogP contribution is -2.39. The first-order chi connectivity index (χ1) is 9.38. The fourth-order valence-electron chi connectivity index (χ4n) is 2.34. The summed E-state index contributed by atoms with van der Waals surface area (Å²) >= 11 is 3.27. The van der Waals surface area contributed by atoms with E-state index in [-0.39, 0.29) is 11.7 Å². The molecule has 1 aromatic rings. The van der Waals surface area contributed by atoms with Crippen LogP contribution in [0.25, 0.3) is 0 Å². The van der Waals surface area contributed by atoms with Crippen molar-refractivity contribution in [3.8, 4) is 0 Å². The summed E-state index contributed by atoms with van der Waals surface area (Å²) in [5, 5.41) is 8.86. The molecule has 1 heterocycles. The number of benzene rings is 1. The predicted octanol–water partition coefficient (Wildman–Crippen LogP) is 2.61. The highest BCUT2D eigenvalue weighted by atomic mass is 79.9. The van der Waals surface area contributed by atoms with Crippen LogP contribution in [0.4, 0.5) is 4.79 Å². The van der Waals surface area contributed by atoms with Crippen molar-refractivity contribution < 1.29 is 18.3 Å². The van der Waals surface area contributed by atoms with Crippen molar-refractivity contribution in [3.05, 3.63) is 28.7 Å². The maximum Gasteiger partial charge on any atom is 0.407 e. The molecule has 0 saturated carbocycles. The summed E-state index contributed by atoms with van der Waals surface area (Å²) in [6.07, 6.45) is 0.267. The summed E-state index contributed by atoms with van der Waals surface area (Å²) in [5.41, 5.74) is 0. The molecule has 1 aromatic carbocycles. The fraction of sp³-hybridized carbons (Fsp3) is 0.462. The van der Waals surface area contributed by atoms with Crippen LogP contribution in [0.1, 0.15) is 12.8 Å². The number of rotatable bonds is 3. The van der Waals surface area contributed by atoms with E-state index in [1.807, 2.05) is 0 Å². The third-order valence-electron chi connectivity index (χ3n) is 3.51. The number of hydrogen-bond acceptors (Lipinski definition) is 3. The molecular formula is C13H16BrNO4S. The number of hydrogen-bond donors (Lipinski definition) is 1. The second-order valence-electron chi connectivity index (χ2n) is 4.95. The summed E-state index contributed by atoms with van der Waals surface area (Å²) in [4.78, 5) is 12.5. The maximum absolute atomic E-state index is 12.3. The van der Waals surface area contributed by atoms with E-state index in [1.54, 1.807) is 24.3 Å². The van der Waals surface area contributed by atoms with Crippen LogP contribution >= 0.6 is 15.9 Å². The molecule has 1 fully saturated rings. The molecule has 0 aromatic heterocycles. The molecule has 0 atom stereocenters. The monoisotopic (exact) mass is 361 g/mol. The largest absolute Gasteiger partial charge is 0.465 e. The lowest BCUT2D eigenvalue weighted by molar-refractivity contribution is 0.127. The standard InChI is InChI=1S/C13H16BrNO4S/c14-11-1-3-12(4-2-11)20(18,19)9-10-5-7-15(8-6-10)13(16)17/h1-4,10H,5-9H2,(H,16,17). The molecule has 1 amide bonds. The minimum Gasteiger partial charge on any atom is -0.465 e. The van der Waals surface area contributed by atoms with Crippen LogP contribution in [0.2, 0.25) is 0 Å². The van der Waals surface area contributed by atoms with Crippen molar-refractivity contribution in [2.45, 2.75) is 17.7 Å². The highest BCUT2D eigenvalue weighted by Gasteiger charge is 2.27. The number of piperidine rings is 1. The molecule has 20 heavy (non-hydrogen) atoms. The average Bonchev–Trinajstić information content (AvgIpc) is 2.39. The summed E-state index contributed by atoms with van der Waals surface area (Å²) in [6, 6.07) is 6.59. The van der Waals surface area contributed by atoms with Crippen molar-refractivity contribution in [3.63, 3.8) is 0 Å². The van der Waals surface area contributed by atoms with Gasteiger partial charge in [-0.25, -0.2) is 13.2 Å². The van der Waals surface area contributed by atoms with Gasteiger partial charge in [0.2, 0.25) is 0 Å². The van der Waals surface area contributed by atoms with Gasteiger partial charge in [-0.15, -0.1) is 0 Å². The lowest BCUT2D eigenvalue weighted by atomic mass is 9.99.